The first-order valence-corrected chi connectivity index (χ1v) is 5.46. The Bertz CT molecular complexity index is 533. The minimum Gasteiger partial charge on any atom is -0.465 e. The summed E-state index contributed by atoms with van der Waals surface area (Å²) >= 11 is 0. The molecule has 92 valence electrons. The van der Waals surface area contributed by atoms with Gasteiger partial charge in [-0.25, -0.2) is 4.79 Å². The van der Waals surface area contributed by atoms with Crippen LogP contribution in [-0.4, -0.2) is 30.5 Å². The van der Waals surface area contributed by atoms with Crippen LogP contribution in [0, 0.1) is 18.3 Å². The number of pyridine rings is 1. The lowest BCUT2D eigenvalue weighted by atomic mass is 10.1. The molecule has 2 rings (SSSR count). The molecule has 1 atom stereocenters. The Hall–Kier alpha value is -2.35. The Morgan fingerprint density at radius 1 is 1.67 bits per heavy atom. The molecular formula is C13H12N2O3. The number of aromatic nitrogens is 1. The summed E-state index contributed by atoms with van der Waals surface area (Å²) < 4.78 is 4.67. The zero-order chi connectivity index (χ0) is 13.1. The molecule has 1 fully saturated rings. The zero-order valence-electron chi connectivity index (χ0n) is 9.92. The van der Waals surface area contributed by atoms with E-state index >= 15 is 0 Å². The van der Waals surface area contributed by atoms with Gasteiger partial charge in [-0.3, -0.25) is 9.78 Å². The molecule has 0 bridgehead atoms. The summed E-state index contributed by atoms with van der Waals surface area (Å²) in [6.07, 6.45) is 8.55. The van der Waals surface area contributed by atoms with E-state index in [1.165, 1.54) is 24.4 Å². The maximum absolute atomic E-state index is 11.9. The highest BCUT2D eigenvalue weighted by Crippen LogP contribution is 2.27. The number of methoxy groups -OCH3 is 1. The summed E-state index contributed by atoms with van der Waals surface area (Å²) in [5.74, 6) is 1.84. The third kappa shape index (κ3) is 2.05. The van der Waals surface area contributed by atoms with Gasteiger partial charge in [0.05, 0.1) is 12.8 Å². The molecule has 1 unspecified atom stereocenters. The SMILES string of the molecule is C#CC1CC(=O)N(c2ccncc2C(=O)OC)C1. The first kappa shape index (κ1) is 12.1. The monoisotopic (exact) mass is 244 g/mol. The molecule has 1 saturated heterocycles. The van der Waals surface area contributed by atoms with E-state index in [0.29, 0.717) is 18.7 Å². The second kappa shape index (κ2) is 4.88. The second-order valence-electron chi connectivity index (χ2n) is 3.96. The number of carbonyl (C=O) groups excluding carboxylic acids is 2. The lowest BCUT2D eigenvalue weighted by Crippen LogP contribution is -2.26. The fourth-order valence-corrected chi connectivity index (χ4v) is 1.94. The molecule has 0 aliphatic carbocycles. The van der Waals surface area contributed by atoms with Crippen molar-refractivity contribution in [1.29, 1.82) is 0 Å². The summed E-state index contributed by atoms with van der Waals surface area (Å²) in [7, 11) is 1.29. The molecule has 0 N–H and O–H groups in total. The van der Waals surface area contributed by atoms with Crippen LogP contribution in [0.1, 0.15) is 16.8 Å². The highest BCUT2D eigenvalue weighted by Gasteiger charge is 2.31. The van der Waals surface area contributed by atoms with Crippen LogP contribution in [0.5, 0.6) is 0 Å². The lowest BCUT2D eigenvalue weighted by Gasteiger charge is -2.18. The van der Waals surface area contributed by atoms with Crippen molar-refractivity contribution in [3.63, 3.8) is 0 Å². The predicted molar refractivity (Wildman–Crippen MR) is 64.9 cm³/mol. The van der Waals surface area contributed by atoms with Crippen LogP contribution in [0.3, 0.4) is 0 Å². The highest BCUT2D eigenvalue weighted by atomic mass is 16.5. The van der Waals surface area contributed by atoms with Crippen molar-refractivity contribution in [2.24, 2.45) is 5.92 Å². The smallest absolute Gasteiger partial charge is 0.341 e. The minimum atomic E-state index is -0.518. The molecule has 0 aromatic carbocycles. The van der Waals surface area contributed by atoms with Crippen LogP contribution in [0.2, 0.25) is 0 Å². The summed E-state index contributed by atoms with van der Waals surface area (Å²) in [5.41, 5.74) is 0.769. The standard InChI is InChI=1S/C13H12N2O3/c1-3-9-6-12(16)15(8-9)11-4-5-14-7-10(11)13(17)18-2/h1,4-5,7,9H,6,8H2,2H3. The zero-order valence-corrected chi connectivity index (χ0v) is 9.92. The minimum absolute atomic E-state index is 0.0886. The number of carbonyl (C=O) groups is 2. The molecule has 1 aliphatic heterocycles. The predicted octanol–water partition coefficient (Wildman–Crippen LogP) is 0.854. The number of terminal acetylenes is 1. The van der Waals surface area contributed by atoms with Crippen molar-refractivity contribution in [2.75, 3.05) is 18.6 Å². The van der Waals surface area contributed by atoms with Gasteiger partial charge in [0.1, 0.15) is 5.56 Å². The van der Waals surface area contributed by atoms with E-state index in [4.69, 9.17) is 6.42 Å². The number of amides is 1. The Kier molecular flexibility index (Phi) is 3.28. The molecule has 0 saturated carbocycles. The first-order valence-electron chi connectivity index (χ1n) is 5.46. The van der Waals surface area contributed by atoms with Crippen molar-refractivity contribution in [1.82, 2.24) is 4.98 Å². The average Bonchev–Trinajstić information content (AvgIpc) is 2.79. The van der Waals surface area contributed by atoms with Crippen LogP contribution >= 0.6 is 0 Å². The van der Waals surface area contributed by atoms with Crippen LogP contribution < -0.4 is 4.90 Å². The van der Waals surface area contributed by atoms with Gasteiger partial charge < -0.3 is 9.64 Å². The maximum atomic E-state index is 11.9. The van der Waals surface area contributed by atoms with Crippen molar-refractivity contribution >= 4 is 17.6 Å². The molecule has 0 radical (unpaired) electrons. The molecule has 18 heavy (non-hydrogen) atoms. The number of esters is 1. The number of hydrogen-bond acceptors (Lipinski definition) is 4. The van der Waals surface area contributed by atoms with E-state index in [0.717, 1.165) is 0 Å². The quantitative estimate of drug-likeness (QED) is 0.571. The summed E-state index contributed by atoms with van der Waals surface area (Å²) in [4.78, 5) is 28.9. The Morgan fingerprint density at radius 2 is 2.44 bits per heavy atom. The Labute approximate surface area is 105 Å². The number of rotatable bonds is 2. The number of nitrogens with zero attached hydrogens (tertiary/aromatic N) is 2. The Balaban J connectivity index is 2.37. The van der Waals surface area contributed by atoms with E-state index < -0.39 is 5.97 Å². The van der Waals surface area contributed by atoms with E-state index in [2.05, 4.69) is 15.6 Å². The van der Waals surface area contributed by atoms with Gasteiger partial charge in [0.15, 0.2) is 0 Å². The molecule has 1 aliphatic rings. The van der Waals surface area contributed by atoms with Crippen LogP contribution in [0.4, 0.5) is 5.69 Å². The van der Waals surface area contributed by atoms with Gasteiger partial charge in [-0.05, 0) is 6.07 Å². The molecule has 1 aromatic rings. The number of anilines is 1. The van der Waals surface area contributed by atoms with Crippen LogP contribution in [-0.2, 0) is 9.53 Å². The topological polar surface area (TPSA) is 59.5 Å². The number of ether oxygens (including phenoxy) is 1. The van der Waals surface area contributed by atoms with Crippen molar-refractivity contribution in [2.45, 2.75) is 6.42 Å². The van der Waals surface area contributed by atoms with Crippen LogP contribution in [0.25, 0.3) is 0 Å². The van der Waals surface area contributed by atoms with Crippen molar-refractivity contribution in [3.8, 4) is 12.3 Å². The summed E-state index contributed by atoms with van der Waals surface area (Å²) in [5, 5.41) is 0. The van der Waals surface area contributed by atoms with E-state index in [1.807, 2.05) is 0 Å². The van der Waals surface area contributed by atoms with Gasteiger partial charge in [0.25, 0.3) is 0 Å². The van der Waals surface area contributed by atoms with Gasteiger partial charge >= 0.3 is 5.97 Å². The highest BCUT2D eigenvalue weighted by molar-refractivity contribution is 6.03. The number of hydrogen-bond donors (Lipinski definition) is 0. The summed E-state index contributed by atoms with van der Waals surface area (Å²) in [6, 6.07) is 1.61. The van der Waals surface area contributed by atoms with E-state index in [-0.39, 0.29) is 17.4 Å². The second-order valence-corrected chi connectivity index (χ2v) is 3.96. The molecule has 5 nitrogen and oxygen atoms in total. The fraction of sp³-hybridized carbons (Fsp3) is 0.308. The normalized spacial score (nSPS) is 18.6. The molecule has 5 heteroatoms. The van der Waals surface area contributed by atoms with Gasteiger partial charge in [-0.15, -0.1) is 12.3 Å². The van der Waals surface area contributed by atoms with Gasteiger partial charge in [-0.2, -0.15) is 0 Å². The van der Waals surface area contributed by atoms with E-state index in [1.54, 1.807) is 6.07 Å². The fourth-order valence-electron chi connectivity index (χ4n) is 1.94. The largest absolute Gasteiger partial charge is 0.465 e. The van der Waals surface area contributed by atoms with Crippen molar-refractivity contribution in [3.05, 3.63) is 24.0 Å². The molecular weight excluding hydrogens is 232 g/mol. The first-order chi connectivity index (χ1) is 8.67. The molecule has 1 amide bonds. The Morgan fingerprint density at radius 3 is 3.06 bits per heavy atom. The summed E-state index contributed by atoms with van der Waals surface area (Å²) in [6.45, 7) is 0.420. The third-order valence-electron chi connectivity index (χ3n) is 2.85. The third-order valence-corrected chi connectivity index (χ3v) is 2.85. The molecule has 0 spiro atoms. The van der Waals surface area contributed by atoms with E-state index in [9.17, 15) is 9.59 Å². The van der Waals surface area contributed by atoms with Crippen molar-refractivity contribution < 1.29 is 14.3 Å². The van der Waals surface area contributed by atoms with Crippen LogP contribution in [0.15, 0.2) is 18.5 Å². The maximum Gasteiger partial charge on any atom is 0.341 e. The van der Waals surface area contributed by atoms with Gasteiger partial charge in [0.2, 0.25) is 5.91 Å². The van der Waals surface area contributed by atoms with Gasteiger partial charge in [-0.1, -0.05) is 0 Å². The van der Waals surface area contributed by atoms with Gasteiger partial charge in [0, 0.05) is 31.3 Å². The molecule has 1 aromatic heterocycles. The average molecular weight is 244 g/mol. The molecule has 2 heterocycles. The lowest BCUT2D eigenvalue weighted by molar-refractivity contribution is -0.117.